The van der Waals surface area contributed by atoms with Gasteiger partial charge in [-0.1, -0.05) is 91.0 Å². The van der Waals surface area contributed by atoms with E-state index in [-0.39, 0.29) is 18.3 Å². The average Bonchev–Trinajstić information content (AvgIpc) is 2.69. The van der Waals surface area contributed by atoms with Crippen LogP contribution < -0.4 is 0 Å². The highest BCUT2D eigenvalue weighted by Crippen LogP contribution is 2.43. The Hall–Kier alpha value is -2.42. The Morgan fingerprint density at radius 1 is 0.542 bits per heavy atom. The van der Waals surface area contributed by atoms with Crippen LogP contribution in [0.1, 0.15) is 35.0 Å². The molecule has 2 nitrogen and oxygen atoms in total. The second kappa shape index (κ2) is 7.00. The summed E-state index contributed by atoms with van der Waals surface area (Å²) in [6.45, 7) is 0.562. The third kappa shape index (κ3) is 3.12. The van der Waals surface area contributed by atoms with Crippen LogP contribution in [-0.4, -0.2) is 6.61 Å². The highest BCUT2D eigenvalue weighted by atomic mass is 16.6. The van der Waals surface area contributed by atoms with Gasteiger partial charge in [-0.05, 0) is 16.7 Å². The molecule has 24 heavy (non-hydrogen) atoms. The van der Waals surface area contributed by atoms with Crippen LogP contribution in [0, 0.1) is 0 Å². The molecule has 0 radical (unpaired) electrons. The highest BCUT2D eigenvalue weighted by Gasteiger charge is 2.34. The first-order chi connectivity index (χ1) is 11.9. The van der Waals surface area contributed by atoms with Gasteiger partial charge in [-0.15, -0.1) is 0 Å². The Bertz CT molecular complexity index is 756. The maximum Gasteiger partial charge on any atom is 0.114 e. The SMILES string of the molecule is c1ccc(C2COC(c3ccccc3)C(c3ccccc3)O2)cc1. The van der Waals surface area contributed by atoms with Gasteiger partial charge in [0.1, 0.15) is 18.3 Å². The van der Waals surface area contributed by atoms with Crippen LogP contribution in [0.2, 0.25) is 0 Å². The lowest BCUT2D eigenvalue weighted by Gasteiger charge is -2.37. The third-order valence-electron chi connectivity index (χ3n) is 4.44. The van der Waals surface area contributed by atoms with Crippen LogP contribution in [0.15, 0.2) is 91.0 Å². The average molecular weight is 316 g/mol. The molecule has 0 bridgehead atoms. The molecular formula is C22H20O2. The molecule has 2 heteroatoms. The van der Waals surface area contributed by atoms with Crippen molar-refractivity contribution in [1.29, 1.82) is 0 Å². The van der Waals surface area contributed by atoms with E-state index in [9.17, 15) is 0 Å². The second-order valence-electron chi connectivity index (χ2n) is 6.03. The molecular weight excluding hydrogens is 296 g/mol. The van der Waals surface area contributed by atoms with Crippen LogP contribution in [0.4, 0.5) is 0 Å². The monoisotopic (exact) mass is 316 g/mol. The second-order valence-corrected chi connectivity index (χ2v) is 6.03. The molecule has 1 aliphatic rings. The fraction of sp³-hybridized carbons (Fsp3) is 0.182. The van der Waals surface area contributed by atoms with Gasteiger partial charge in [0.2, 0.25) is 0 Å². The summed E-state index contributed by atoms with van der Waals surface area (Å²) in [5.74, 6) is 0. The largest absolute Gasteiger partial charge is 0.367 e. The van der Waals surface area contributed by atoms with Crippen molar-refractivity contribution in [3.63, 3.8) is 0 Å². The van der Waals surface area contributed by atoms with Crippen molar-refractivity contribution < 1.29 is 9.47 Å². The predicted molar refractivity (Wildman–Crippen MR) is 94.6 cm³/mol. The lowest BCUT2D eigenvalue weighted by Crippen LogP contribution is -2.29. The van der Waals surface area contributed by atoms with Crippen LogP contribution in [-0.2, 0) is 9.47 Å². The molecule has 3 aromatic rings. The zero-order valence-corrected chi connectivity index (χ0v) is 13.4. The summed E-state index contributed by atoms with van der Waals surface area (Å²) in [7, 11) is 0. The van der Waals surface area contributed by atoms with E-state index in [1.807, 2.05) is 54.6 Å². The molecule has 1 aliphatic heterocycles. The van der Waals surface area contributed by atoms with E-state index < -0.39 is 0 Å². The topological polar surface area (TPSA) is 18.5 Å². The van der Waals surface area contributed by atoms with Gasteiger partial charge in [-0.2, -0.15) is 0 Å². The number of rotatable bonds is 3. The molecule has 1 fully saturated rings. The standard InChI is InChI=1S/C22H20O2/c1-4-10-17(11-5-1)20-16-23-21(18-12-6-2-7-13-18)22(24-20)19-14-8-3-9-15-19/h1-15,20-22H,16H2. The van der Waals surface area contributed by atoms with E-state index in [4.69, 9.17) is 9.47 Å². The third-order valence-corrected chi connectivity index (χ3v) is 4.44. The number of hydrogen-bond acceptors (Lipinski definition) is 2. The maximum atomic E-state index is 6.50. The van der Waals surface area contributed by atoms with Gasteiger partial charge in [0, 0.05) is 0 Å². The molecule has 0 amide bonds. The van der Waals surface area contributed by atoms with Crippen molar-refractivity contribution in [2.24, 2.45) is 0 Å². The summed E-state index contributed by atoms with van der Waals surface area (Å²) < 4.78 is 12.8. The molecule has 3 unspecified atom stereocenters. The minimum absolute atomic E-state index is 0.0450. The smallest absolute Gasteiger partial charge is 0.114 e. The minimum Gasteiger partial charge on any atom is -0.367 e. The lowest BCUT2D eigenvalue weighted by atomic mass is 9.96. The molecule has 4 rings (SSSR count). The highest BCUT2D eigenvalue weighted by molar-refractivity contribution is 5.27. The normalized spacial score (nSPS) is 23.8. The summed E-state index contributed by atoms with van der Waals surface area (Å²) in [6, 6.07) is 31.0. The van der Waals surface area contributed by atoms with E-state index >= 15 is 0 Å². The van der Waals surface area contributed by atoms with Gasteiger partial charge in [-0.25, -0.2) is 0 Å². The predicted octanol–water partition coefficient (Wildman–Crippen LogP) is 5.26. The van der Waals surface area contributed by atoms with E-state index in [2.05, 4.69) is 36.4 Å². The Kier molecular flexibility index (Phi) is 4.41. The number of hydrogen-bond donors (Lipinski definition) is 0. The number of benzene rings is 3. The molecule has 0 aliphatic carbocycles. The molecule has 0 N–H and O–H groups in total. The zero-order chi connectivity index (χ0) is 16.2. The molecule has 0 aromatic heterocycles. The molecule has 3 atom stereocenters. The Labute approximate surface area is 142 Å². The maximum absolute atomic E-state index is 6.50. The van der Waals surface area contributed by atoms with Crippen LogP contribution in [0.3, 0.4) is 0 Å². The Morgan fingerprint density at radius 2 is 1.00 bits per heavy atom. The van der Waals surface area contributed by atoms with Crippen molar-refractivity contribution >= 4 is 0 Å². The summed E-state index contributed by atoms with van der Waals surface area (Å²) in [4.78, 5) is 0. The number of ether oxygens (including phenoxy) is 2. The fourth-order valence-corrected chi connectivity index (χ4v) is 3.22. The summed E-state index contributed by atoms with van der Waals surface area (Å²) >= 11 is 0. The molecule has 0 spiro atoms. The van der Waals surface area contributed by atoms with E-state index in [1.54, 1.807) is 0 Å². The molecule has 1 heterocycles. The van der Waals surface area contributed by atoms with Crippen molar-refractivity contribution in [3.8, 4) is 0 Å². The summed E-state index contributed by atoms with van der Waals surface area (Å²) in [5, 5.41) is 0. The molecule has 3 aromatic carbocycles. The lowest BCUT2D eigenvalue weighted by molar-refractivity contribution is -0.189. The zero-order valence-electron chi connectivity index (χ0n) is 13.4. The first-order valence-corrected chi connectivity index (χ1v) is 8.34. The van der Waals surface area contributed by atoms with Gasteiger partial charge < -0.3 is 9.47 Å². The summed E-state index contributed by atoms with van der Waals surface area (Å²) in [6.07, 6.45) is -0.252. The quantitative estimate of drug-likeness (QED) is 0.656. The first kappa shape index (κ1) is 15.1. The van der Waals surface area contributed by atoms with Crippen LogP contribution >= 0.6 is 0 Å². The molecule has 120 valence electrons. The Morgan fingerprint density at radius 3 is 1.54 bits per heavy atom. The van der Waals surface area contributed by atoms with Gasteiger partial charge >= 0.3 is 0 Å². The summed E-state index contributed by atoms with van der Waals surface area (Å²) in [5.41, 5.74) is 3.45. The van der Waals surface area contributed by atoms with Crippen molar-refractivity contribution in [3.05, 3.63) is 108 Å². The van der Waals surface area contributed by atoms with E-state index in [1.165, 1.54) is 0 Å². The van der Waals surface area contributed by atoms with Crippen LogP contribution in [0.5, 0.6) is 0 Å². The fourth-order valence-electron chi connectivity index (χ4n) is 3.22. The van der Waals surface area contributed by atoms with E-state index in [0.717, 1.165) is 16.7 Å². The van der Waals surface area contributed by atoms with Gasteiger partial charge in [-0.3, -0.25) is 0 Å². The van der Waals surface area contributed by atoms with Gasteiger partial charge in [0.15, 0.2) is 0 Å². The minimum atomic E-state index is -0.118. The first-order valence-electron chi connectivity index (χ1n) is 8.34. The molecule has 0 saturated carbocycles. The van der Waals surface area contributed by atoms with Crippen LogP contribution in [0.25, 0.3) is 0 Å². The molecule has 1 saturated heterocycles. The van der Waals surface area contributed by atoms with Gasteiger partial charge in [0.25, 0.3) is 0 Å². The van der Waals surface area contributed by atoms with E-state index in [0.29, 0.717) is 6.61 Å². The van der Waals surface area contributed by atoms with Gasteiger partial charge in [0.05, 0.1) is 6.61 Å². The Balaban J connectivity index is 1.67. The van der Waals surface area contributed by atoms with Crippen molar-refractivity contribution in [2.75, 3.05) is 6.61 Å². The van der Waals surface area contributed by atoms with Crippen molar-refractivity contribution in [2.45, 2.75) is 18.3 Å². The van der Waals surface area contributed by atoms with Crippen molar-refractivity contribution in [1.82, 2.24) is 0 Å².